The Bertz CT molecular complexity index is 352. The Hall–Kier alpha value is 0.0700. The van der Waals surface area contributed by atoms with Gasteiger partial charge in [0.2, 0.25) is 0 Å². The summed E-state index contributed by atoms with van der Waals surface area (Å²) in [6.45, 7) is 0.929. The molecule has 4 heteroatoms. The van der Waals surface area contributed by atoms with Crippen LogP contribution in [-0.2, 0) is 11.2 Å². The van der Waals surface area contributed by atoms with Gasteiger partial charge in [-0.05, 0) is 25.2 Å². The molecule has 0 spiro atoms. The Kier molecular flexibility index (Phi) is 3.07. The number of thiazole rings is 1. The molecule has 0 N–H and O–H groups in total. The molecule has 0 aromatic carbocycles. The maximum atomic E-state index is 5.98. The third-order valence-electron chi connectivity index (χ3n) is 3.80. The average Bonchev–Trinajstić information content (AvgIpc) is 2.86. The van der Waals surface area contributed by atoms with Gasteiger partial charge in [-0.15, -0.1) is 11.3 Å². The van der Waals surface area contributed by atoms with Gasteiger partial charge in [0, 0.05) is 35.3 Å². The van der Waals surface area contributed by atoms with Crippen molar-refractivity contribution in [1.82, 2.24) is 4.98 Å². The van der Waals surface area contributed by atoms with Crippen LogP contribution in [0, 0.1) is 11.3 Å². The quantitative estimate of drug-likeness (QED) is 0.796. The topological polar surface area (TPSA) is 22.1 Å². The molecule has 1 aromatic rings. The summed E-state index contributed by atoms with van der Waals surface area (Å²) in [7, 11) is 0. The summed E-state index contributed by atoms with van der Waals surface area (Å²) in [5.41, 5.74) is 0.305. The van der Waals surface area contributed by atoms with Crippen LogP contribution in [0.25, 0.3) is 0 Å². The first-order valence-corrected chi connectivity index (χ1v) is 7.90. The lowest BCUT2D eigenvalue weighted by molar-refractivity contribution is 0.0413. The molecule has 16 heavy (non-hydrogen) atoms. The second-order valence-electron chi connectivity index (χ2n) is 4.98. The minimum Gasteiger partial charge on any atom is -0.377 e. The number of alkyl halides is 1. The van der Waals surface area contributed by atoms with Crippen LogP contribution in [-0.4, -0.2) is 23.0 Å². The summed E-state index contributed by atoms with van der Waals surface area (Å²) in [4.78, 5) is 4.43. The van der Waals surface area contributed by atoms with E-state index in [1.54, 1.807) is 11.3 Å². The molecular formula is C12H16BrNOS. The lowest BCUT2D eigenvalue weighted by Gasteiger charge is -2.31. The number of rotatable bonds is 4. The van der Waals surface area contributed by atoms with E-state index in [2.05, 4.69) is 26.3 Å². The molecule has 0 bridgehead atoms. The van der Waals surface area contributed by atoms with Gasteiger partial charge < -0.3 is 4.74 Å². The molecule has 1 aliphatic carbocycles. The highest BCUT2D eigenvalue weighted by atomic mass is 79.9. The third kappa shape index (κ3) is 1.95. The van der Waals surface area contributed by atoms with Gasteiger partial charge in [-0.1, -0.05) is 15.9 Å². The summed E-state index contributed by atoms with van der Waals surface area (Å²) < 4.78 is 5.98. The summed E-state index contributed by atoms with van der Waals surface area (Å²) in [5, 5.41) is 4.37. The summed E-state index contributed by atoms with van der Waals surface area (Å²) >= 11 is 5.48. The van der Waals surface area contributed by atoms with E-state index in [4.69, 9.17) is 4.74 Å². The molecule has 2 unspecified atom stereocenters. The highest BCUT2D eigenvalue weighted by molar-refractivity contribution is 9.09. The van der Waals surface area contributed by atoms with Crippen LogP contribution in [0.5, 0.6) is 0 Å². The number of aromatic nitrogens is 1. The third-order valence-corrected chi connectivity index (χ3v) is 5.70. The van der Waals surface area contributed by atoms with E-state index in [1.807, 2.05) is 6.20 Å². The van der Waals surface area contributed by atoms with Gasteiger partial charge in [-0.2, -0.15) is 0 Å². The Morgan fingerprint density at radius 3 is 3.06 bits per heavy atom. The van der Waals surface area contributed by atoms with Gasteiger partial charge in [0.15, 0.2) is 0 Å². The number of hydrogen-bond donors (Lipinski definition) is 0. The Morgan fingerprint density at radius 1 is 1.56 bits per heavy atom. The molecule has 1 saturated heterocycles. The normalized spacial score (nSPS) is 34.4. The highest BCUT2D eigenvalue weighted by Crippen LogP contribution is 2.50. The van der Waals surface area contributed by atoms with Crippen molar-refractivity contribution in [2.24, 2.45) is 11.3 Å². The van der Waals surface area contributed by atoms with Gasteiger partial charge in [0.25, 0.3) is 0 Å². The molecular weight excluding hydrogens is 286 g/mol. The first kappa shape index (κ1) is 11.2. The van der Waals surface area contributed by atoms with E-state index in [9.17, 15) is 0 Å². The monoisotopic (exact) mass is 301 g/mol. The zero-order chi connectivity index (χ0) is 11.0. The number of halogens is 1. The smallest absolute Gasteiger partial charge is 0.0931 e. The second kappa shape index (κ2) is 4.39. The fourth-order valence-electron chi connectivity index (χ4n) is 2.76. The van der Waals surface area contributed by atoms with E-state index >= 15 is 0 Å². The maximum absolute atomic E-state index is 5.98. The van der Waals surface area contributed by atoms with Crippen LogP contribution in [0.4, 0.5) is 0 Å². The van der Waals surface area contributed by atoms with Crippen molar-refractivity contribution >= 4 is 27.3 Å². The largest absolute Gasteiger partial charge is 0.377 e. The van der Waals surface area contributed by atoms with Gasteiger partial charge in [0.05, 0.1) is 11.1 Å². The number of hydrogen-bond acceptors (Lipinski definition) is 3. The zero-order valence-corrected chi connectivity index (χ0v) is 11.6. The molecule has 2 atom stereocenters. The van der Waals surface area contributed by atoms with Crippen LogP contribution in [0.2, 0.25) is 0 Å². The average molecular weight is 302 g/mol. The second-order valence-corrected chi connectivity index (χ2v) is 6.52. The van der Waals surface area contributed by atoms with E-state index in [0.717, 1.165) is 24.3 Å². The molecule has 0 radical (unpaired) electrons. The number of ether oxygens (including phenoxy) is 1. The van der Waals surface area contributed by atoms with Gasteiger partial charge in [-0.3, -0.25) is 0 Å². The molecule has 1 aromatic heterocycles. The van der Waals surface area contributed by atoms with Crippen LogP contribution < -0.4 is 0 Å². The SMILES string of the molecule is BrCC1(Cc2nccs2)CCOC1C1CC1. The number of nitrogens with zero attached hydrogens (tertiary/aromatic N) is 1. The fraction of sp³-hybridized carbons (Fsp3) is 0.750. The lowest BCUT2D eigenvalue weighted by atomic mass is 9.78. The zero-order valence-electron chi connectivity index (χ0n) is 9.19. The van der Waals surface area contributed by atoms with Crippen molar-refractivity contribution in [2.45, 2.75) is 31.8 Å². The maximum Gasteiger partial charge on any atom is 0.0931 e. The Labute approximate surface area is 109 Å². The van der Waals surface area contributed by atoms with Gasteiger partial charge in [0.1, 0.15) is 0 Å². The lowest BCUT2D eigenvalue weighted by Crippen LogP contribution is -2.36. The van der Waals surface area contributed by atoms with Crippen LogP contribution in [0.3, 0.4) is 0 Å². The van der Waals surface area contributed by atoms with Crippen LogP contribution in [0.15, 0.2) is 11.6 Å². The predicted octanol–water partition coefficient (Wildman–Crippen LogP) is 3.27. The van der Waals surface area contributed by atoms with Gasteiger partial charge in [-0.25, -0.2) is 4.98 Å². The Balaban J connectivity index is 1.80. The molecule has 2 nitrogen and oxygen atoms in total. The van der Waals surface area contributed by atoms with Crippen molar-refractivity contribution in [3.63, 3.8) is 0 Å². The standard InChI is InChI=1S/C12H16BrNOS/c13-8-12(7-10-14-4-6-16-10)3-5-15-11(12)9-1-2-9/h4,6,9,11H,1-3,5,7-8H2. The highest BCUT2D eigenvalue weighted by Gasteiger charge is 2.50. The fourth-order valence-corrected chi connectivity index (χ4v) is 4.33. The van der Waals surface area contributed by atoms with E-state index in [1.165, 1.54) is 24.3 Å². The predicted molar refractivity (Wildman–Crippen MR) is 69.1 cm³/mol. The Morgan fingerprint density at radius 2 is 2.44 bits per heavy atom. The van der Waals surface area contributed by atoms with Gasteiger partial charge >= 0.3 is 0 Å². The van der Waals surface area contributed by atoms with Crippen LogP contribution in [0.1, 0.15) is 24.3 Å². The first-order valence-electron chi connectivity index (χ1n) is 5.90. The van der Waals surface area contributed by atoms with E-state index in [-0.39, 0.29) is 0 Å². The van der Waals surface area contributed by atoms with Crippen molar-refractivity contribution in [3.05, 3.63) is 16.6 Å². The van der Waals surface area contributed by atoms with E-state index < -0.39 is 0 Å². The van der Waals surface area contributed by atoms with Crippen molar-refractivity contribution in [3.8, 4) is 0 Å². The summed E-state index contributed by atoms with van der Waals surface area (Å²) in [6, 6.07) is 0. The minimum absolute atomic E-state index is 0.305. The molecule has 0 amide bonds. The molecule has 1 saturated carbocycles. The molecule has 2 aliphatic rings. The molecule has 88 valence electrons. The van der Waals surface area contributed by atoms with Crippen molar-refractivity contribution < 1.29 is 4.74 Å². The summed E-state index contributed by atoms with van der Waals surface area (Å²) in [5.74, 6) is 0.819. The van der Waals surface area contributed by atoms with Crippen molar-refractivity contribution in [2.75, 3.05) is 11.9 Å². The summed E-state index contributed by atoms with van der Waals surface area (Å²) in [6.07, 6.45) is 7.35. The van der Waals surface area contributed by atoms with E-state index in [0.29, 0.717) is 11.5 Å². The molecule has 1 aliphatic heterocycles. The van der Waals surface area contributed by atoms with Crippen LogP contribution >= 0.6 is 27.3 Å². The first-order chi connectivity index (χ1) is 7.84. The molecule has 2 fully saturated rings. The molecule has 2 heterocycles. The minimum atomic E-state index is 0.305. The van der Waals surface area contributed by atoms with Crippen molar-refractivity contribution in [1.29, 1.82) is 0 Å². The molecule has 3 rings (SSSR count).